The monoisotopic (exact) mass is 385 g/mol. The number of nitrogens with zero attached hydrogens (tertiary/aromatic N) is 1. The van der Waals surface area contributed by atoms with E-state index in [4.69, 9.17) is 13.9 Å². The van der Waals surface area contributed by atoms with Crippen molar-refractivity contribution in [1.29, 1.82) is 0 Å². The summed E-state index contributed by atoms with van der Waals surface area (Å²) in [7, 11) is 2.96. The van der Waals surface area contributed by atoms with Gasteiger partial charge in [0.15, 0.2) is 0 Å². The van der Waals surface area contributed by atoms with Crippen LogP contribution in [-0.4, -0.2) is 42.5 Å². The third-order valence-corrected chi connectivity index (χ3v) is 4.70. The predicted octanol–water partition coefficient (Wildman–Crippen LogP) is 3.44. The number of ketones is 1. The molecule has 1 aliphatic heterocycles. The lowest BCUT2D eigenvalue weighted by Gasteiger charge is -2.22. The van der Waals surface area contributed by atoms with Gasteiger partial charge in [0.1, 0.15) is 34.8 Å². The van der Waals surface area contributed by atoms with Crippen LogP contribution < -0.4 is 9.47 Å². The van der Waals surface area contributed by atoms with Crippen LogP contribution in [0.15, 0.2) is 40.3 Å². The Morgan fingerprint density at radius 2 is 1.93 bits per heavy atom. The second-order valence-corrected chi connectivity index (χ2v) is 6.51. The zero-order valence-electron chi connectivity index (χ0n) is 16.3. The molecule has 0 bridgehead atoms. The van der Waals surface area contributed by atoms with Gasteiger partial charge in [-0.1, -0.05) is 6.92 Å². The van der Waals surface area contributed by atoms with Gasteiger partial charge in [0, 0.05) is 6.54 Å². The molecule has 2 heterocycles. The molecule has 7 heteroatoms. The number of furan rings is 1. The zero-order chi connectivity index (χ0) is 20.4. The lowest BCUT2D eigenvalue weighted by molar-refractivity contribution is -0.140. The second kappa shape index (κ2) is 7.80. The van der Waals surface area contributed by atoms with Crippen LogP contribution in [0.3, 0.4) is 0 Å². The van der Waals surface area contributed by atoms with Crippen molar-refractivity contribution in [1.82, 2.24) is 4.90 Å². The van der Waals surface area contributed by atoms with E-state index in [2.05, 4.69) is 0 Å². The van der Waals surface area contributed by atoms with E-state index < -0.39 is 17.7 Å². The van der Waals surface area contributed by atoms with Crippen molar-refractivity contribution >= 4 is 17.4 Å². The quantitative estimate of drug-likeness (QED) is 0.465. The number of amides is 1. The van der Waals surface area contributed by atoms with Crippen molar-refractivity contribution in [3.05, 3.63) is 53.0 Å². The summed E-state index contributed by atoms with van der Waals surface area (Å²) in [6, 6.07) is 7.54. The van der Waals surface area contributed by atoms with Gasteiger partial charge in [-0.3, -0.25) is 9.59 Å². The number of carbonyl (C=O) groups is 2. The van der Waals surface area contributed by atoms with Gasteiger partial charge in [-0.15, -0.1) is 0 Å². The number of hydrogen-bond acceptors (Lipinski definition) is 6. The van der Waals surface area contributed by atoms with E-state index in [0.717, 1.165) is 0 Å². The van der Waals surface area contributed by atoms with Crippen LogP contribution in [0.2, 0.25) is 0 Å². The summed E-state index contributed by atoms with van der Waals surface area (Å²) in [5, 5.41) is 11.1. The normalized spacial score (nSPS) is 18.6. The lowest BCUT2D eigenvalue weighted by Crippen LogP contribution is -2.30. The highest BCUT2D eigenvalue weighted by Crippen LogP contribution is 2.42. The summed E-state index contributed by atoms with van der Waals surface area (Å²) in [6.07, 6.45) is 0.658. The summed E-state index contributed by atoms with van der Waals surface area (Å²) >= 11 is 0. The molecule has 1 N–H and O–H groups in total. The summed E-state index contributed by atoms with van der Waals surface area (Å²) in [5.74, 6) is 0.167. The van der Waals surface area contributed by atoms with Crippen LogP contribution in [0, 0.1) is 6.92 Å². The molecule has 1 fully saturated rings. The molecule has 1 aromatic heterocycles. The van der Waals surface area contributed by atoms with E-state index in [9.17, 15) is 14.7 Å². The second-order valence-electron chi connectivity index (χ2n) is 6.51. The molecule has 3 rings (SSSR count). The molecular weight excluding hydrogens is 362 g/mol. The highest BCUT2D eigenvalue weighted by atomic mass is 16.5. The SMILES string of the molecule is CCCN1C(=O)C(=O)/C(=C(/O)c2cc(OC)ccc2OC)C1c1ccc(C)o1. The third kappa shape index (κ3) is 3.24. The minimum Gasteiger partial charge on any atom is -0.507 e. The van der Waals surface area contributed by atoms with E-state index in [-0.39, 0.29) is 16.9 Å². The van der Waals surface area contributed by atoms with Crippen molar-refractivity contribution in [2.24, 2.45) is 0 Å². The van der Waals surface area contributed by atoms with E-state index >= 15 is 0 Å². The van der Waals surface area contributed by atoms with Gasteiger partial charge in [-0.2, -0.15) is 0 Å². The highest BCUT2D eigenvalue weighted by molar-refractivity contribution is 6.46. The number of hydrogen-bond donors (Lipinski definition) is 1. The Morgan fingerprint density at radius 1 is 1.18 bits per heavy atom. The van der Waals surface area contributed by atoms with Gasteiger partial charge in [-0.25, -0.2) is 0 Å². The van der Waals surface area contributed by atoms with Gasteiger partial charge in [0.05, 0.1) is 25.4 Å². The minimum absolute atomic E-state index is 0.0284. The highest BCUT2D eigenvalue weighted by Gasteiger charge is 2.47. The molecule has 1 aromatic carbocycles. The smallest absolute Gasteiger partial charge is 0.295 e. The molecular formula is C21H23NO6. The molecule has 148 valence electrons. The maximum atomic E-state index is 12.8. The first-order chi connectivity index (χ1) is 13.4. The number of likely N-dealkylation sites (tertiary alicyclic amines) is 1. The number of aliphatic hydroxyl groups is 1. The zero-order valence-corrected chi connectivity index (χ0v) is 16.3. The number of aryl methyl sites for hydroxylation is 1. The minimum atomic E-state index is -0.801. The number of Topliss-reactive ketones (excluding diaryl/α,β-unsaturated/α-hetero) is 1. The maximum Gasteiger partial charge on any atom is 0.295 e. The van der Waals surface area contributed by atoms with E-state index in [1.54, 1.807) is 37.3 Å². The summed E-state index contributed by atoms with van der Waals surface area (Å²) < 4.78 is 16.3. The van der Waals surface area contributed by atoms with Crippen LogP contribution >= 0.6 is 0 Å². The van der Waals surface area contributed by atoms with Crippen LogP contribution in [0.1, 0.15) is 36.5 Å². The van der Waals surface area contributed by atoms with Gasteiger partial charge in [0.2, 0.25) is 0 Å². The topological polar surface area (TPSA) is 89.2 Å². The lowest BCUT2D eigenvalue weighted by atomic mass is 9.98. The summed E-state index contributed by atoms with van der Waals surface area (Å²) in [4.78, 5) is 26.9. The number of carbonyl (C=O) groups excluding carboxylic acids is 2. The molecule has 0 radical (unpaired) electrons. The molecule has 1 amide bonds. The fraction of sp³-hybridized carbons (Fsp3) is 0.333. The van der Waals surface area contributed by atoms with E-state index in [1.807, 2.05) is 6.92 Å². The maximum absolute atomic E-state index is 12.8. The van der Waals surface area contributed by atoms with Crippen molar-refractivity contribution in [3.63, 3.8) is 0 Å². The Hall–Kier alpha value is -3.22. The van der Waals surface area contributed by atoms with Crippen LogP contribution in [0.25, 0.3) is 5.76 Å². The average Bonchev–Trinajstić information content (AvgIpc) is 3.23. The third-order valence-electron chi connectivity index (χ3n) is 4.70. The standard InChI is InChI=1S/C21H23NO6/c1-5-10-22-18(16-8-6-12(2)28-16)17(20(24)21(22)25)19(23)14-11-13(26-3)7-9-15(14)27-4/h6-9,11,18,23H,5,10H2,1-4H3/b19-17+. The Morgan fingerprint density at radius 3 is 2.50 bits per heavy atom. The Kier molecular flexibility index (Phi) is 5.44. The van der Waals surface area contributed by atoms with Crippen LogP contribution in [0.5, 0.6) is 11.5 Å². The molecule has 2 aromatic rings. The summed E-state index contributed by atoms with van der Waals surface area (Å²) in [5.41, 5.74) is 0.240. The molecule has 7 nitrogen and oxygen atoms in total. The van der Waals surface area contributed by atoms with E-state index in [1.165, 1.54) is 19.1 Å². The number of ether oxygens (including phenoxy) is 2. The molecule has 1 atom stereocenters. The van der Waals surface area contributed by atoms with Gasteiger partial charge in [-0.05, 0) is 43.7 Å². The fourth-order valence-corrected chi connectivity index (χ4v) is 3.39. The van der Waals surface area contributed by atoms with Gasteiger partial charge >= 0.3 is 0 Å². The number of aliphatic hydroxyl groups excluding tert-OH is 1. The first kappa shape index (κ1) is 19.5. The molecule has 1 aliphatic rings. The number of methoxy groups -OCH3 is 2. The molecule has 28 heavy (non-hydrogen) atoms. The predicted molar refractivity (Wildman–Crippen MR) is 102 cm³/mol. The molecule has 0 spiro atoms. The summed E-state index contributed by atoms with van der Waals surface area (Å²) in [6.45, 7) is 4.05. The van der Waals surface area contributed by atoms with Crippen molar-refractivity contribution < 1.29 is 28.6 Å². The number of benzene rings is 1. The van der Waals surface area contributed by atoms with Crippen molar-refractivity contribution in [2.75, 3.05) is 20.8 Å². The van der Waals surface area contributed by atoms with Gasteiger partial charge in [0.25, 0.3) is 11.7 Å². The largest absolute Gasteiger partial charge is 0.507 e. The molecule has 1 saturated heterocycles. The first-order valence-corrected chi connectivity index (χ1v) is 9.00. The Balaban J connectivity index is 2.23. The Bertz CT molecular complexity index is 942. The Labute approximate surface area is 163 Å². The molecule has 1 unspecified atom stereocenters. The average molecular weight is 385 g/mol. The first-order valence-electron chi connectivity index (χ1n) is 9.00. The van der Waals surface area contributed by atoms with Crippen LogP contribution in [-0.2, 0) is 9.59 Å². The van der Waals surface area contributed by atoms with Crippen molar-refractivity contribution in [3.8, 4) is 11.5 Å². The molecule has 0 aliphatic carbocycles. The molecule has 0 saturated carbocycles. The van der Waals surface area contributed by atoms with Crippen molar-refractivity contribution in [2.45, 2.75) is 26.3 Å². The van der Waals surface area contributed by atoms with Gasteiger partial charge < -0.3 is 23.9 Å². The van der Waals surface area contributed by atoms with Crippen LogP contribution in [0.4, 0.5) is 0 Å². The number of rotatable bonds is 6. The van der Waals surface area contributed by atoms with E-state index in [0.29, 0.717) is 36.0 Å². The fourth-order valence-electron chi connectivity index (χ4n) is 3.39.